The van der Waals surface area contributed by atoms with E-state index in [9.17, 15) is 9.18 Å². The summed E-state index contributed by atoms with van der Waals surface area (Å²) >= 11 is 3.12. The largest absolute Gasteiger partial charge is 0.397 e. The van der Waals surface area contributed by atoms with Gasteiger partial charge in [0.1, 0.15) is 5.82 Å². The average Bonchev–Trinajstić information content (AvgIpc) is 2.37. The molecule has 0 bridgehead atoms. The summed E-state index contributed by atoms with van der Waals surface area (Å²) in [6.07, 6.45) is 0. The minimum atomic E-state index is -0.602. The summed E-state index contributed by atoms with van der Waals surface area (Å²) in [6.45, 7) is 1.82. The summed E-state index contributed by atoms with van der Waals surface area (Å²) in [6, 6.07) is 7.80. The van der Waals surface area contributed by atoms with Gasteiger partial charge in [0.2, 0.25) is 0 Å². The van der Waals surface area contributed by atoms with Gasteiger partial charge in [-0.1, -0.05) is 6.07 Å². The highest BCUT2D eigenvalue weighted by Gasteiger charge is 2.13. The van der Waals surface area contributed by atoms with Crippen LogP contribution in [0.2, 0.25) is 0 Å². The molecule has 0 radical (unpaired) electrons. The summed E-state index contributed by atoms with van der Waals surface area (Å²) in [5.74, 6) is -1.01. The van der Waals surface area contributed by atoms with Crippen LogP contribution >= 0.6 is 15.9 Å². The highest BCUT2D eigenvalue weighted by molar-refractivity contribution is 9.10. The third kappa shape index (κ3) is 2.75. The Bertz CT molecular complexity index is 688. The highest BCUT2D eigenvalue weighted by atomic mass is 79.9. The number of benzene rings is 2. The lowest BCUT2D eigenvalue weighted by Crippen LogP contribution is -2.14. The van der Waals surface area contributed by atoms with Crippen LogP contribution in [0.15, 0.2) is 34.8 Å². The van der Waals surface area contributed by atoms with Gasteiger partial charge in [-0.2, -0.15) is 0 Å². The van der Waals surface area contributed by atoms with Crippen LogP contribution in [-0.2, 0) is 0 Å². The maximum Gasteiger partial charge on any atom is 0.250 e. The van der Waals surface area contributed by atoms with E-state index in [0.29, 0.717) is 21.5 Å². The maximum absolute atomic E-state index is 13.6. The maximum atomic E-state index is 13.6. The first kappa shape index (κ1) is 14.3. The van der Waals surface area contributed by atoms with Crippen LogP contribution in [0, 0.1) is 12.7 Å². The van der Waals surface area contributed by atoms with Gasteiger partial charge < -0.3 is 16.8 Å². The number of aryl methyl sites for hydroxylation is 1. The van der Waals surface area contributed by atoms with Crippen molar-refractivity contribution in [3.05, 3.63) is 51.7 Å². The quantitative estimate of drug-likeness (QED) is 0.751. The van der Waals surface area contributed by atoms with Crippen molar-refractivity contribution in [3.8, 4) is 0 Å². The molecule has 0 spiro atoms. The molecule has 0 heterocycles. The zero-order valence-electron chi connectivity index (χ0n) is 10.7. The summed E-state index contributed by atoms with van der Waals surface area (Å²) in [4.78, 5) is 11.4. The first-order valence-electron chi connectivity index (χ1n) is 5.81. The first-order valence-corrected chi connectivity index (χ1v) is 6.60. The number of hydrogen-bond acceptors (Lipinski definition) is 3. The number of nitrogen functional groups attached to an aromatic ring is 1. The van der Waals surface area contributed by atoms with Crippen molar-refractivity contribution in [3.63, 3.8) is 0 Å². The molecule has 4 nitrogen and oxygen atoms in total. The van der Waals surface area contributed by atoms with Gasteiger partial charge in [0.25, 0.3) is 5.91 Å². The highest BCUT2D eigenvalue weighted by Crippen LogP contribution is 2.31. The van der Waals surface area contributed by atoms with E-state index in [0.717, 1.165) is 5.56 Å². The number of amides is 1. The molecule has 2 aromatic carbocycles. The Morgan fingerprint density at radius 3 is 2.70 bits per heavy atom. The minimum Gasteiger partial charge on any atom is -0.397 e. The number of rotatable bonds is 3. The second-order valence-electron chi connectivity index (χ2n) is 4.34. The number of nitrogens with one attached hydrogen (secondary N) is 1. The van der Waals surface area contributed by atoms with Crippen molar-refractivity contribution in [2.24, 2.45) is 5.73 Å². The third-order valence-electron chi connectivity index (χ3n) is 2.89. The second kappa shape index (κ2) is 5.50. The number of halogens is 2. The Morgan fingerprint density at radius 1 is 1.35 bits per heavy atom. The van der Waals surface area contributed by atoms with Gasteiger partial charge >= 0.3 is 0 Å². The fraction of sp³-hybridized carbons (Fsp3) is 0.0714. The summed E-state index contributed by atoms with van der Waals surface area (Å²) in [5.41, 5.74) is 13.5. The summed E-state index contributed by atoms with van der Waals surface area (Å²) in [7, 11) is 0. The molecule has 0 saturated carbocycles. The Morgan fingerprint density at radius 2 is 2.05 bits per heavy atom. The molecule has 0 aliphatic heterocycles. The van der Waals surface area contributed by atoms with Crippen molar-refractivity contribution in [1.29, 1.82) is 0 Å². The van der Waals surface area contributed by atoms with Gasteiger partial charge in [-0.15, -0.1) is 0 Å². The molecular formula is C14H13BrFN3O. The Balaban J connectivity index is 2.50. The van der Waals surface area contributed by atoms with Crippen LogP contribution < -0.4 is 16.8 Å². The number of carbonyl (C=O) groups excluding carboxylic acids is 1. The molecule has 5 N–H and O–H groups in total. The van der Waals surface area contributed by atoms with Gasteiger partial charge in [0.05, 0.1) is 21.4 Å². The molecule has 0 unspecified atom stereocenters. The van der Waals surface area contributed by atoms with Crippen LogP contribution in [0.4, 0.5) is 21.5 Å². The number of hydrogen-bond donors (Lipinski definition) is 3. The SMILES string of the molecule is Cc1cc(Br)c(F)cc1Nc1c(N)cccc1C(N)=O. The van der Waals surface area contributed by atoms with Gasteiger partial charge in [-0.3, -0.25) is 4.79 Å². The van der Waals surface area contributed by atoms with E-state index >= 15 is 0 Å². The molecular weight excluding hydrogens is 325 g/mol. The zero-order valence-corrected chi connectivity index (χ0v) is 12.3. The fourth-order valence-electron chi connectivity index (χ4n) is 1.83. The predicted molar refractivity (Wildman–Crippen MR) is 81.5 cm³/mol. The topological polar surface area (TPSA) is 81.1 Å². The molecule has 104 valence electrons. The van der Waals surface area contributed by atoms with Crippen LogP contribution in [0.3, 0.4) is 0 Å². The van der Waals surface area contributed by atoms with Gasteiger partial charge in [0, 0.05) is 5.69 Å². The lowest BCUT2D eigenvalue weighted by atomic mass is 10.1. The molecule has 0 aromatic heterocycles. The molecule has 6 heteroatoms. The Hall–Kier alpha value is -2.08. The van der Waals surface area contributed by atoms with E-state index in [1.165, 1.54) is 6.07 Å². The molecule has 0 fully saturated rings. The molecule has 0 aliphatic carbocycles. The number of anilines is 3. The van der Waals surface area contributed by atoms with Crippen molar-refractivity contribution < 1.29 is 9.18 Å². The summed E-state index contributed by atoms with van der Waals surface area (Å²) < 4.78 is 14.0. The monoisotopic (exact) mass is 337 g/mol. The van der Waals surface area contributed by atoms with Crippen molar-refractivity contribution in [2.45, 2.75) is 6.92 Å². The zero-order chi connectivity index (χ0) is 14.9. The Kier molecular flexibility index (Phi) is 3.94. The van der Waals surface area contributed by atoms with Crippen molar-refractivity contribution in [2.75, 3.05) is 11.1 Å². The lowest BCUT2D eigenvalue weighted by molar-refractivity contribution is 0.100. The normalized spacial score (nSPS) is 10.3. The number of primary amides is 1. The van der Waals surface area contributed by atoms with E-state index in [-0.39, 0.29) is 5.56 Å². The summed E-state index contributed by atoms with van der Waals surface area (Å²) in [5, 5.41) is 2.97. The van der Waals surface area contributed by atoms with E-state index in [1.807, 2.05) is 6.92 Å². The van der Waals surface area contributed by atoms with Crippen LogP contribution in [0.25, 0.3) is 0 Å². The average molecular weight is 338 g/mol. The molecule has 2 rings (SSSR count). The van der Waals surface area contributed by atoms with E-state index in [4.69, 9.17) is 11.5 Å². The second-order valence-corrected chi connectivity index (χ2v) is 5.19. The molecule has 0 atom stereocenters. The standard InChI is InChI=1S/C14H13BrFN3O/c1-7-5-9(15)10(16)6-12(7)19-13-8(14(18)20)3-2-4-11(13)17/h2-6,19H,17H2,1H3,(H2,18,20). The minimum absolute atomic E-state index is 0.257. The Labute approximate surface area is 124 Å². The molecule has 1 amide bonds. The van der Waals surface area contributed by atoms with E-state index < -0.39 is 11.7 Å². The van der Waals surface area contributed by atoms with E-state index in [2.05, 4.69) is 21.2 Å². The first-order chi connectivity index (χ1) is 9.40. The van der Waals surface area contributed by atoms with Crippen LogP contribution in [-0.4, -0.2) is 5.91 Å². The van der Waals surface area contributed by atoms with E-state index in [1.54, 1.807) is 24.3 Å². The van der Waals surface area contributed by atoms with Crippen molar-refractivity contribution >= 4 is 38.9 Å². The van der Waals surface area contributed by atoms with Crippen LogP contribution in [0.5, 0.6) is 0 Å². The lowest BCUT2D eigenvalue weighted by Gasteiger charge is -2.15. The molecule has 2 aromatic rings. The number of carbonyl (C=O) groups is 1. The van der Waals surface area contributed by atoms with Crippen LogP contribution in [0.1, 0.15) is 15.9 Å². The fourth-order valence-corrected chi connectivity index (χ4v) is 2.29. The van der Waals surface area contributed by atoms with Gasteiger partial charge in [-0.05, 0) is 52.7 Å². The van der Waals surface area contributed by atoms with Gasteiger partial charge in [0.15, 0.2) is 0 Å². The number of nitrogens with two attached hydrogens (primary N) is 2. The third-order valence-corrected chi connectivity index (χ3v) is 3.50. The molecule has 0 saturated heterocycles. The predicted octanol–water partition coefficient (Wildman–Crippen LogP) is 3.32. The molecule has 20 heavy (non-hydrogen) atoms. The number of para-hydroxylation sites is 1. The smallest absolute Gasteiger partial charge is 0.250 e. The molecule has 0 aliphatic rings. The van der Waals surface area contributed by atoms with Gasteiger partial charge in [-0.25, -0.2) is 4.39 Å². The van der Waals surface area contributed by atoms with Crippen molar-refractivity contribution in [1.82, 2.24) is 0 Å².